The fraction of sp³-hybridized carbons (Fsp3) is 0. The van der Waals surface area contributed by atoms with Gasteiger partial charge in [0.1, 0.15) is 0 Å². The number of carbonyl (C=O) groups excluding carboxylic acids is 3. The second-order valence-electron chi connectivity index (χ2n) is 4.69. The van der Waals surface area contributed by atoms with Crippen LogP contribution in [-0.2, 0) is 0 Å². The Morgan fingerprint density at radius 2 is 1.77 bits per heavy atom. The van der Waals surface area contributed by atoms with E-state index in [1.807, 2.05) is 0 Å². The van der Waals surface area contributed by atoms with Gasteiger partial charge in [0.2, 0.25) is 0 Å². The molecule has 2 amide bonds. The SMILES string of the molecule is C#Cc1cccc(N2C(=O)c3ccc(C(=O)[O-])cc3C2=O)c1. The molecule has 106 valence electrons. The number of nitrogens with zero attached hydrogens (tertiary/aromatic N) is 1. The smallest absolute Gasteiger partial charge is 0.266 e. The Bertz CT molecular complexity index is 876. The summed E-state index contributed by atoms with van der Waals surface area (Å²) >= 11 is 0. The van der Waals surface area contributed by atoms with Crippen LogP contribution in [0.3, 0.4) is 0 Å². The van der Waals surface area contributed by atoms with Crippen LogP contribution in [0.1, 0.15) is 36.6 Å². The highest BCUT2D eigenvalue weighted by molar-refractivity contribution is 6.34. The number of fused-ring (bicyclic) bond motifs is 1. The van der Waals surface area contributed by atoms with Gasteiger partial charge >= 0.3 is 0 Å². The molecule has 5 nitrogen and oxygen atoms in total. The van der Waals surface area contributed by atoms with Crippen LogP contribution in [0.5, 0.6) is 0 Å². The Balaban J connectivity index is 2.10. The van der Waals surface area contributed by atoms with Gasteiger partial charge in [-0.2, -0.15) is 0 Å². The lowest BCUT2D eigenvalue weighted by Crippen LogP contribution is -2.29. The molecule has 1 heterocycles. The van der Waals surface area contributed by atoms with Gasteiger partial charge < -0.3 is 9.90 Å². The third-order valence-electron chi connectivity index (χ3n) is 3.39. The van der Waals surface area contributed by atoms with Crippen molar-refractivity contribution in [1.82, 2.24) is 0 Å². The molecule has 0 spiro atoms. The first-order valence-electron chi connectivity index (χ1n) is 6.34. The molecule has 2 aromatic carbocycles. The lowest BCUT2D eigenvalue weighted by Gasteiger charge is -2.13. The number of imide groups is 1. The van der Waals surface area contributed by atoms with Crippen molar-refractivity contribution < 1.29 is 19.5 Å². The van der Waals surface area contributed by atoms with E-state index in [0.29, 0.717) is 11.3 Å². The summed E-state index contributed by atoms with van der Waals surface area (Å²) in [6.45, 7) is 0. The summed E-state index contributed by atoms with van der Waals surface area (Å²) in [4.78, 5) is 36.7. The van der Waals surface area contributed by atoms with Crippen molar-refractivity contribution >= 4 is 23.5 Å². The number of carboxylic acid groups (broad SMARTS) is 1. The molecular formula is C17H8NO4-. The quantitative estimate of drug-likeness (QED) is 0.606. The zero-order valence-electron chi connectivity index (χ0n) is 11.2. The fourth-order valence-corrected chi connectivity index (χ4v) is 2.34. The zero-order valence-corrected chi connectivity index (χ0v) is 11.2. The minimum atomic E-state index is -1.41. The third-order valence-corrected chi connectivity index (χ3v) is 3.39. The van der Waals surface area contributed by atoms with Crippen molar-refractivity contribution in [2.75, 3.05) is 4.90 Å². The summed E-state index contributed by atoms with van der Waals surface area (Å²) in [6, 6.07) is 10.1. The van der Waals surface area contributed by atoms with E-state index >= 15 is 0 Å². The van der Waals surface area contributed by atoms with E-state index in [1.165, 1.54) is 12.1 Å². The molecule has 0 unspecified atom stereocenters. The molecule has 0 atom stereocenters. The number of carbonyl (C=O) groups is 3. The van der Waals surface area contributed by atoms with Gasteiger partial charge in [0.15, 0.2) is 0 Å². The number of hydrogen-bond donors (Lipinski definition) is 0. The Kier molecular flexibility index (Phi) is 3.00. The van der Waals surface area contributed by atoms with E-state index in [0.717, 1.165) is 11.0 Å². The van der Waals surface area contributed by atoms with Gasteiger partial charge in [0.25, 0.3) is 11.8 Å². The van der Waals surface area contributed by atoms with E-state index in [2.05, 4.69) is 5.92 Å². The highest BCUT2D eigenvalue weighted by Crippen LogP contribution is 2.29. The van der Waals surface area contributed by atoms with E-state index in [9.17, 15) is 19.5 Å². The molecule has 0 saturated heterocycles. The van der Waals surface area contributed by atoms with Crippen LogP contribution in [-0.4, -0.2) is 17.8 Å². The Hall–Kier alpha value is -3.39. The molecule has 1 aliphatic heterocycles. The number of amides is 2. The van der Waals surface area contributed by atoms with Gasteiger partial charge in [0.05, 0.1) is 22.8 Å². The molecule has 0 radical (unpaired) electrons. The van der Waals surface area contributed by atoms with Gasteiger partial charge in [-0.25, -0.2) is 4.90 Å². The van der Waals surface area contributed by atoms with Crippen molar-refractivity contribution in [3.8, 4) is 12.3 Å². The first-order chi connectivity index (χ1) is 10.5. The molecule has 22 heavy (non-hydrogen) atoms. The monoisotopic (exact) mass is 290 g/mol. The average molecular weight is 290 g/mol. The number of aromatic carboxylic acids is 1. The van der Waals surface area contributed by atoms with E-state index in [-0.39, 0.29) is 16.7 Å². The summed E-state index contributed by atoms with van der Waals surface area (Å²) < 4.78 is 0. The van der Waals surface area contributed by atoms with Gasteiger partial charge in [-0.05, 0) is 35.9 Å². The largest absolute Gasteiger partial charge is 0.545 e. The lowest BCUT2D eigenvalue weighted by molar-refractivity contribution is -0.255. The predicted octanol–water partition coefficient (Wildman–Crippen LogP) is 0.832. The van der Waals surface area contributed by atoms with Crippen LogP contribution in [0.25, 0.3) is 0 Å². The molecule has 0 bridgehead atoms. The van der Waals surface area contributed by atoms with Gasteiger partial charge in [-0.1, -0.05) is 18.1 Å². The maximum Gasteiger partial charge on any atom is 0.266 e. The molecule has 0 aliphatic carbocycles. The maximum atomic E-state index is 12.4. The second-order valence-corrected chi connectivity index (χ2v) is 4.69. The van der Waals surface area contributed by atoms with Crippen molar-refractivity contribution in [1.29, 1.82) is 0 Å². The zero-order chi connectivity index (χ0) is 15.9. The molecule has 0 aromatic heterocycles. The number of carboxylic acids is 1. The molecule has 0 fully saturated rings. The Morgan fingerprint density at radius 3 is 2.45 bits per heavy atom. The number of hydrogen-bond acceptors (Lipinski definition) is 4. The number of anilines is 1. The lowest BCUT2D eigenvalue weighted by atomic mass is 10.1. The van der Waals surface area contributed by atoms with Crippen LogP contribution in [0.2, 0.25) is 0 Å². The molecule has 0 saturated carbocycles. The van der Waals surface area contributed by atoms with E-state index < -0.39 is 17.8 Å². The Labute approximate surface area is 125 Å². The minimum Gasteiger partial charge on any atom is -0.545 e. The number of benzene rings is 2. The number of terminal acetylenes is 1. The molecule has 3 rings (SSSR count). The average Bonchev–Trinajstić information content (AvgIpc) is 2.78. The van der Waals surface area contributed by atoms with Crippen LogP contribution in [0, 0.1) is 12.3 Å². The topological polar surface area (TPSA) is 77.5 Å². The first kappa shape index (κ1) is 13.6. The van der Waals surface area contributed by atoms with Crippen LogP contribution in [0.15, 0.2) is 42.5 Å². The summed E-state index contributed by atoms with van der Waals surface area (Å²) in [6.07, 6.45) is 5.31. The molecule has 5 heteroatoms. The summed E-state index contributed by atoms with van der Waals surface area (Å²) in [5.74, 6) is -0.0768. The summed E-state index contributed by atoms with van der Waals surface area (Å²) in [5, 5.41) is 10.9. The standard InChI is InChI=1S/C17H9NO4/c1-2-10-4-3-5-12(8-10)18-15(19)13-7-6-11(17(21)22)9-14(13)16(18)20/h1,3-9H,(H,21,22)/p-1. The molecular weight excluding hydrogens is 282 g/mol. The summed E-state index contributed by atoms with van der Waals surface area (Å²) in [5.41, 5.74) is 0.916. The molecule has 1 aliphatic rings. The predicted molar refractivity (Wildman–Crippen MR) is 76.3 cm³/mol. The van der Waals surface area contributed by atoms with Crippen LogP contribution >= 0.6 is 0 Å². The Morgan fingerprint density at radius 1 is 1.05 bits per heavy atom. The second kappa shape index (κ2) is 4.86. The van der Waals surface area contributed by atoms with Crippen molar-refractivity contribution in [3.63, 3.8) is 0 Å². The maximum absolute atomic E-state index is 12.4. The van der Waals surface area contributed by atoms with Crippen molar-refractivity contribution in [2.24, 2.45) is 0 Å². The van der Waals surface area contributed by atoms with Gasteiger partial charge in [-0.3, -0.25) is 9.59 Å². The van der Waals surface area contributed by atoms with Crippen molar-refractivity contribution in [3.05, 3.63) is 64.7 Å². The van der Waals surface area contributed by atoms with Crippen LogP contribution < -0.4 is 10.0 Å². The van der Waals surface area contributed by atoms with Gasteiger partial charge in [-0.15, -0.1) is 6.42 Å². The highest BCUT2D eigenvalue weighted by Gasteiger charge is 2.36. The van der Waals surface area contributed by atoms with Crippen LogP contribution in [0.4, 0.5) is 5.69 Å². The highest BCUT2D eigenvalue weighted by atomic mass is 16.4. The molecule has 2 aromatic rings. The normalized spacial score (nSPS) is 13.0. The van der Waals surface area contributed by atoms with Crippen molar-refractivity contribution in [2.45, 2.75) is 0 Å². The third kappa shape index (κ3) is 1.95. The fourth-order valence-electron chi connectivity index (χ4n) is 2.34. The van der Waals surface area contributed by atoms with E-state index in [4.69, 9.17) is 6.42 Å². The molecule has 0 N–H and O–H groups in total. The van der Waals surface area contributed by atoms with E-state index in [1.54, 1.807) is 24.3 Å². The van der Waals surface area contributed by atoms with Gasteiger partial charge in [0, 0.05) is 5.56 Å². The number of rotatable bonds is 2. The first-order valence-corrected chi connectivity index (χ1v) is 6.34. The minimum absolute atomic E-state index is 0.0396. The summed E-state index contributed by atoms with van der Waals surface area (Å²) in [7, 11) is 0.